The van der Waals surface area contributed by atoms with Gasteiger partial charge in [0.25, 0.3) is 0 Å². The molecular weight excluding hydrogens is 294 g/mol. The van der Waals surface area contributed by atoms with Crippen LogP contribution >= 0.6 is 0 Å². The van der Waals surface area contributed by atoms with Crippen molar-refractivity contribution in [3.63, 3.8) is 0 Å². The maximum absolute atomic E-state index is 12.1. The summed E-state index contributed by atoms with van der Waals surface area (Å²) in [5.74, 6) is 0.438. The molecule has 8 heteroatoms. The molecule has 0 spiro atoms. The largest absolute Gasteiger partial charge is 0.325 e. The molecule has 0 saturated carbocycles. The van der Waals surface area contributed by atoms with Crippen LogP contribution in [0.5, 0.6) is 0 Å². The van der Waals surface area contributed by atoms with Gasteiger partial charge in [-0.05, 0) is 26.0 Å². The van der Waals surface area contributed by atoms with Crippen LogP contribution in [0.1, 0.15) is 11.4 Å². The minimum Gasteiger partial charge on any atom is -0.304 e. The molecule has 3 rings (SSSR count). The molecule has 118 valence electrons. The van der Waals surface area contributed by atoms with Crippen LogP contribution in [-0.4, -0.2) is 31.0 Å². The van der Waals surface area contributed by atoms with E-state index in [2.05, 4.69) is 30.9 Å². The summed E-state index contributed by atoms with van der Waals surface area (Å²) in [6.45, 7) is 3.74. The van der Waals surface area contributed by atoms with Crippen LogP contribution in [0.4, 0.5) is 16.3 Å². The van der Waals surface area contributed by atoms with E-state index >= 15 is 0 Å². The van der Waals surface area contributed by atoms with E-state index in [-0.39, 0.29) is 6.03 Å². The lowest BCUT2D eigenvalue weighted by Gasteiger charge is -2.05. The van der Waals surface area contributed by atoms with Gasteiger partial charge in [-0.2, -0.15) is 10.2 Å². The van der Waals surface area contributed by atoms with Crippen molar-refractivity contribution < 1.29 is 4.79 Å². The summed E-state index contributed by atoms with van der Waals surface area (Å²) in [4.78, 5) is 16.1. The fourth-order valence-electron chi connectivity index (χ4n) is 2.28. The maximum atomic E-state index is 12.1. The van der Waals surface area contributed by atoms with Crippen LogP contribution in [0, 0.1) is 13.8 Å². The van der Waals surface area contributed by atoms with E-state index in [0.29, 0.717) is 11.5 Å². The first-order valence-electron chi connectivity index (χ1n) is 7.08. The van der Waals surface area contributed by atoms with Gasteiger partial charge in [-0.1, -0.05) is 0 Å². The molecule has 0 unspecified atom stereocenters. The Hall–Kier alpha value is -3.16. The van der Waals surface area contributed by atoms with Gasteiger partial charge in [0, 0.05) is 31.1 Å². The van der Waals surface area contributed by atoms with Crippen molar-refractivity contribution in [2.45, 2.75) is 13.8 Å². The fourth-order valence-corrected chi connectivity index (χ4v) is 2.28. The Morgan fingerprint density at radius 1 is 1.22 bits per heavy atom. The van der Waals surface area contributed by atoms with Crippen molar-refractivity contribution in [3.8, 4) is 11.3 Å². The molecule has 3 N–H and O–H groups in total. The minimum atomic E-state index is -0.364. The first-order valence-corrected chi connectivity index (χ1v) is 7.08. The second kappa shape index (κ2) is 5.91. The van der Waals surface area contributed by atoms with Gasteiger partial charge in [-0.25, -0.2) is 4.79 Å². The maximum Gasteiger partial charge on any atom is 0.325 e. The van der Waals surface area contributed by atoms with Gasteiger partial charge >= 0.3 is 6.03 Å². The summed E-state index contributed by atoms with van der Waals surface area (Å²) in [5.41, 5.74) is 4.10. The third-order valence-electron chi connectivity index (χ3n) is 3.56. The smallest absolute Gasteiger partial charge is 0.304 e. The second-order valence-electron chi connectivity index (χ2n) is 5.15. The quantitative estimate of drug-likeness (QED) is 0.691. The zero-order valence-electron chi connectivity index (χ0n) is 13.1. The molecule has 0 saturated heterocycles. The minimum absolute atomic E-state index is 0.364. The number of hydrogen-bond donors (Lipinski definition) is 3. The molecule has 0 radical (unpaired) electrons. The predicted octanol–water partition coefficient (Wildman–Crippen LogP) is 2.47. The van der Waals surface area contributed by atoms with E-state index in [1.165, 1.54) is 0 Å². The van der Waals surface area contributed by atoms with Crippen molar-refractivity contribution in [2.24, 2.45) is 7.05 Å². The number of pyridine rings is 1. The van der Waals surface area contributed by atoms with Gasteiger partial charge in [-0.3, -0.25) is 20.1 Å². The zero-order chi connectivity index (χ0) is 16.4. The second-order valence-corrected chi connectivity index (χ2v) is 5.15. The van der Waals surface area contributed by atoms with E-state index < -0.39 is 0 Å². The highest BCUT2D eigenvalue weighted by molar-refractivity contribution is 6.00. The number of aromatic nitrogens is 5. The highest BCUT2D eigenvalue weighted by Crippen LogP contribution is 2.20. The molecular formula is C15H17N7O. The van der Waals surface area contributed by atoms with Crippen LogP contribution in [0.3, 0.4) is 0 Å². The van der Waals surface area contributed by atoms with Crippen LogP contribution in [-0.2, 0) is 7.05 Å². The van der Waals surface area contributed by atoms with Gasteiger partial charge in [0.15, 0.2) is 5.82 Å². The van der Waals surface area contributed by atoms with Gasteiger partial charge in [0.2, 0.25) is 0 Å². The number of carbonyl (C=O) groups excluding carboxylic acids is 1. The van der Waals surface area contributed by atoms with E-state index in [9.17, 15) is 4.79 Å². The normalized spacial score (nSPS) is 10.6. The number of amides is 2. The van der Waals surface area contributed by atoms with Crippen molar-refractivity contribution in [1.82, 2.24) is 25.0 Å². The average Bonchev–Trinajstić information content (AvgIpc) is 3.09. The molecule has 3 aromatic heterocycles. The van der Waals surface area contributed by atoms with Crippen LogP contribution in [0.15, 0.2) is 30.6 Å². The molecule has 3 heterocycles. The lowest BCUT2D eigenvalue weighted by Crippen LogP contribution is -2.20. The molecule has 23 heavy (non-hydrogen) atoms. The Labute approximate surface area is 132 Å². The van der Waals surface area contributed by atoms with Crippen LogP contribution in [0.25, 0.3) is 11.3 Å². The Bertz CT molecular complexity index is 835. The van der Waals surface area contributed by atoms with E-state index in [1.54, 1.807) is 23.1 Å². The molecule has 0 bridgehead atoms. The van der Waals surface area contributed by atoms with Gasteiger partial charge in [0.05, 0.1) is 22.8 Å². The van der Waals surface area contributed by atoms with E-state index in [4.69, 9.17) is 0 Å². The molecule has 0 fully saturated rings. The number of nitrogens with one attached hydrogen (secondary N) is 3. The lowest BCUT2D eigenvalue weighted by atomic mass is 10.2. The topological polar surface area (TPSA) is 101 Å². The Morgan fingerprint density at radius 3 is 2.61 bits per heavy atom. The molecule has 0 aliphatic carbocycles. The molecule has 0 atom stereocenters. The zero-order valence-corrected chi connectivity index (χ0v) is 13.1. The summed E-state index contributed by atoms with van der Waals surface area (Å²) < 4.78 is 1.72. The van der Waals surface area contributed by atoms with Crippen molar-refractivity contribution in [3.05, 3.63) is 42.0 Å². The Balaban J connectivity index is 1.70. The number of nitrogens with zero attached hydrogens (tertiary/aromatic N) is 4. The van der Waals surface area contributed by atoms with Crippen LogP contribution in [0.2, 0.25) is 0 Å². The third-order valence-corrected chi connectivity index (χ3v) is 3.56. The standard InChI is InChI=1S/C15H17N7O/c1-9-14(10(2)22(3)21-9)18-15(23)17-13-8-12(19-20-13)11-4-6-16-7-5-11/h4-8H,1-3H3,(H3,17,18,19,20,23). The van der Waals surface area contributed by atoms with E-state index in [0.717, 1.165) is 22.6 Å². The summed E-state index contributed by atoms with van der Waals surface area (Å²) in [6.07, 6.45) is 3.40. The molecule has 0 aliphatic heterocycles. The highest BCUT2D eigenvalue weighted by Gasteiger charge is 2.13. The number of hydrogen-bond acceptors (Lipinski definition) is 4. The van der Waals surface area contributed by atoms with Crippen molar-refractivity contribution >= 4 is 17.5 Å². The van der Waals surface area contributed by atoms with Crippen molar-refractivity contribution in [2.75, 3.05) is 10.6 Å². The molecule has 3 aromatic rings. The SMILES string of the molecule is Cc1nn(C)c(C)c1NC(=O)Nc1cc(-c2ccncc2)[nH]n1. The first kappa shape index (κ1) is 14.8. The lowest BCUT2D eigenvalue weighted by molar-refractivity contribution is 0.262. The number of carbonyl (C=O) groups is 1. The summed E-state index contributed by atoms with van der Waals surface area (Å²) in [7, 11) is 1.83. The number of anilines is 2. The molecule has 0 aliphatic rings. The van der Waals surface area contributed by atoms with Gasteiger partial charge < -0.3 is 5.32 Å². The number of rotatable bonds is 3. The number of H-pyrrole nitrogens is 1. The molecule has 0 aromatic carbocycles. The van der Waals surface area contributed by atoms with E-state index in [1.807, 2.05) is 33.0 Å². The van der Waals surface area contributed by atoms with Gasteiger partial charge in [-0.15, -0.1) is 0 Å². The molecule has 8 nitrogen and oxygen atoms in total. The number of aryl methyl sites for hydroxylation is 2. The van der Waals surface area contributed by atoms with Crippen molar-refractivity contribution in [1.29, 1.82) is 0 Å². The Morgan fingerprint density at radius 2 is 1.96 bits per heavy atom. The summed E-state index contributed by atoms with van der Waals surface area (Å²) in [5, 5.41) is 16.7. The number of urea groups is 1. The fraction of sp³-hybridized carbons (Fsp3) is 0.200. The van der Waals surface area contributed by atoms with Gasteiger partial charge in [0.1, 0.15) is 0 Å². The average molecular weight is 311 g/mol. The number of aromatic amines is 1. The summed E-state index contributed by atoms with van der Waals surface area (Å²) in [6, 6.07) is 5.12. The summed E-state index contributed by atoms with van der Waals surface area (Å²) >= 11 is 0. The van der Waals surface area contributed by atoms with Crippen LogP contribution < -0.4 is 10.6 Å². The third kappa shape index (κ3) is 3.05. The Kier molecular flexibility index (Phi) is 3.80. The first-order chi connectivity index (χ1) is 11.0. The highest BCUT2D eigenvalue weighted by atomic mass is 16.2. The monoisotopic (exact) mass is 311 g/mol. The molecule has 2 amide bonds. The predicted molar refractivity (Wildman–Crippen MR) is 87.1 cm³/mol.